The SMILES string of the molecule is COc1cc2c(c(OC)c1OC)-c1ccc(OC)c(=O)cc1[C@@H](NC(=O)CCCCCCC(=O)OC1C3CC4CC1CC(OC(=O)[C@H](O)[C@@H](NC(=O)OC(C)(C)C)c1ccccc1)(C4)C3)CC2. The fraction of sp³-hybridized carbons (Fsp3) is 0.558. The second kappa shape index (κ2) is 21.0. The Bertz CT molecular complexity index is 2330. The van der Waals surface area contributed by atoms with Gasteiger partial charge in [-0.05, 0) is 125 Å². The van der Waals surface area contributed by atoms with Crippen molar-refractivity contribution >= 4 is 23.9 Å². The van der Waals surface area contributed by atoms with Crippen LogP contribution in [0.15, 0.2) is 59.4 Å². The molecule has 15 nitrogen and oxygen atoms in total. The normalized spacial score (nSPS) is 23.3. The van der Waals surface area contributed by atoms with Crippen molar-refractivity contribution in [2.24, 2.45) is 17.8 Å². The number of aliphatic hydroxyl groups excluding tert-OH is 1. The molecule has 3 aromatic carbocycles. The first kappa shape index (κ1) is 49.1. The van der Waals surface area contributed by atoms with Crippen molar-refractivity contribution < 1.29 is 57.4 Å². The molecule has 362 valence electrons. The van der Waals surface area contributed by atoms with Gasteiger partial charge in [-0.15, -0.1) is 0 Å². The second-order valence-electron chi connectivity index (χ2n) is 19.5. The Labute approximate surface area is 392 Å². The van der Waals surface area contributed by atoms with E-state index in [0.29, 0.717) is 79.2 Å². The molecular formula is C52H66N2O13. The van der Waals surface area contributed by atoms with E-state index >= 15 is 0 Å². The highest BCUT2D eigenvalue weighted by atomic mass is 16.6. The summed E-state index contributed by atoms with van der Waals surface area (Å²) in [5.41, 5.74) is 1.74. The van der Waals surface area contributed by atoms with Crippen LogP contribution in [0.25, 0.3) is 11.1 Å². The molecule has 3 N–H and O–H groups in total. The molecule has 5 aliphatic rings. The maximum atomic E-state index is 13.7. The van der Waals surface area contributed by atoms with Crippen molar-refractivity contribution in [3.63, 3.8) is 0 Å². The molecule has 4 bridgehead atoms. The number of ether oxygens (including phenoxy) is 7. The summed E-state index contributed by atoms with van der Waals surface area (Å²) in [6.07, 6.45) is 5.21. The fourth-order valence-corrected chi connectivity index (χ4v) is 11.1. The Morgan fingerprint density at radius 3 is 2.12 bits per heavy atom. The number of hydrogen-bond acceptors (Lipinski definition) is 13. The maximum absolute atomic E-state index is 13.7. The van der Waals surface area contributed by atoms with Crippen LogP contribution in [-0.2, 0) is 35.0 Å². The summed E-state index contributed by atoms with van der Waals surface area (Å²) in [4.78, 5) is 66.4. The molecule has 4 saturated carbocycles. The van der Waals surface area contributed by atoms with Crippen molar-refractivity contribution in [1.82, 2.24) is 10.6 Å². The van der Waals surface area contributed by atoms with Gasteiger partial charge in [0, 0.05) is 30.2 Å². The summed E-state index contributed by atoms with van der Waals surface area (Å²) in [5.74, 6) is 0.789. The van der Waals surface area contributed by atoms with E-state index < -0.39 is 41.5 Å². The lowest BCUT2D eigenvalue weighted by Crippen LogP contribution is -2.60. The van der Waals surface area contributed by atoms with Gasteiger partial charge in [0.15, 0.2) is 23.4 Å². The van der Waals surface area contributed by atoms with Crippen molar-refractivity contribution in [1.29, 1.82) is 0 Å². The van der Waals surface area contributed by atoms with Gasteiger partial charge in [0.25, 0.3) is 0 Å². The summed E-state index contributed by atoms with van der Waals surface area (Å²) in [6, 6.07) is 14.1. The predicted octanol–water partition coefficient (Wildman–Crippen LogP) is 7.85. The van der Waals surface area contributed by atoms with Crippen LogP contribution in [0, 0.1) is 17.8 Å². The standard InChI is InChI=1S/C52H66N2O13/c1-51(2,3)67-50(60)54-44(31-15-11-10-12-16-31)45(58)49(59)66-52-27-30-23-33(28-52)46(34(24-30)29-52)65-42(57)18-14-9-8-13-17-41(56)53-37-21-19-32-25-40(62-5)47(63-6)48(64-7)43(32)35-20-22-39(61-4)38(55)26-36(35)37/h10-12,15-16,20,22,25-26,30,33-34,37,44-46,58H,8-9,13-14,17-19,21,23-24,27-29H2,1-7H3,(H,53,56)(H,54,60)/t30?,33?,34?,37-,44-,45+,46?,52?/m0/s1. The lowest BCUT2D eigenvalue weighted by atomic mass is 9.53. The summed E-state index contributed by atoms with van der Waals surface area (Å²) in [7, 11) is 6.11. The number of aryl methyl sites for hydroxylation is 1. The van der Waals surface area contributed by atoms with Gasteiger partial charge >= 0.3 is 18.0 Å². The van der Waals surface area contributed by atoms with Gasteiger partial charge in [0.05, 0.1) is 40.5 Å². The monoisotopic (exact) mass is 926 g/mol. The zero-order valence-electron chi connectivity index (χ0n) is 39.8. The molecule has 3 aromatic rings. The Morgan fingerprint density at radius 1 is 0.806 bits per heavy atom. The summed E-state index contributed by atoms with van der Waals surface area (Å²) >= 11 is 0. The van der Waals surface area contributed by atoms with Crippen LogP contribution in [0.3, 0.4) is 0 Å². The van der Waals surface area contributed by atoms with Gasteiger partial charge in [-0.1, -0.05) is 49.2 Å². The van der Waals surface area contributed by atoms with E-state index in [-0.39, 0.29) is 53.8 Å². The Balaban J connectivity index is 0.890. The molecule has 67 heavy (non-hydrogen) atoms. The number of amides is 2. The molecular weight excluding hydrogens is 861 g/mol. The van der Waals surface area contributed by atoms with E-state index in [0.717, 1.165) is 42.4 Å². The van der Waals surface area contributed by atoms with Gasteiger partial charge in [-0.2, -0.15) is 0 Å². The zero-order valence-corrected chi connectivity index (χ0v) is 39.8. The number of carbonyl (C=O) groups is 4. The van der Waals surface area contributed by atoms with Crippen LogP contribution in [0.4, 0.5) is 4.79 Å². The van der Waals surface area contributed by atoms with Crippen LogP contribution in [-0.4, -0.2) is 80.9 Å². The number of nitrogens with one attached hydrogen (secondary N) is 2. The van der Waals surface area contributed by atoms with Crippen LogP contribution in [0.1, 0.15) is 127 Å². The zero-order chi connectivity index (χ0) is 48.0. The third-order valence-electron chi connectivity index (χ3n) is 13.7. The highest BCUT2D eigenvalue weighted by Gasteiger charge is 2.59. The van der Waals surface area contributed by atoms with Crippen LogP contribution < -0.4 is 35.0 Å². The van der Waals surface area contributed by atoms with E-state index in [1.165, 1.54) is 13.2 Å². The molecule has 0 heterocycles. The van der Waals surface area contributed by atoms with Gasteiger partial charge in [0.2, 0.25) is 17.1 Å². The largest absolute Gasteiger partial charge is 0.493 e. The molecule has 2 amide bonds. The van der Waals surface area contributed by atoms with Crippen molar-refractivity contribution in [3.05, 3.63) is 81.5 Å². The summed E-state index contributed by atoms with van der Waals surface area (Å²) < 4.78 is 40.4. The van der Waals surface area contributed by atoms with E-state index in [1.807, 2.05) is 12.1 Å². The number of carbonyl (C=O) groups excluding carboxylic acids is 4. The topological polar surface area (TPSA) is 194 Å². The molecule has 5 aliphatic carbocycles. The predicted molar refractivity (Wildman–Crippen MR) is 248 cm³/mol. The number of fused-ring (bicyclic) bond motifs is 3. The summed E-state index contributed by atoms with van der Waals surface area (Å²) in [5, 5.41) is 17.2. The highest BCUT2D eigenvalue weighted by Crippen LogP contribution is 2.58. The third-order valence-corrected chi connectivity index (χ3v) is 13.7. The number of benzene rings is 2. The number of rotatable bonds is 18. The van der Waals surface area contributed by atoms with Crippen LogP contribution in [0.2, 0.25) is 0 Å². The molecule has 0 aliphatic heterocycles. The minimum atomic E-state index is -1.67. The fourth-order valence-electron chi connectivity index (χ4n) is 11.1. The number of methoxy groups -OCH3 is 4. The minimum Gasteiger partial charge on any atom is -0.493 e. The van der Waals surface area contributed by atoms with E-state index in [1.54, 1.807) is 78.5 Å². The smallest absolute Gasteiger partial charge is 0.408 e. The number of unbranched alkanes of at least 4 members (excludes halogenated alkanes) is 3. The number of hydrogen-bond donors (Lipinski definition) is 3. The Hall–Kier alpha value is -5.83. The second-order valence-corrected chi connectivity index (χ2v) is 19.5. The molecule has 2 unspecified atom stereocenters. The Kier molecular flexibility index (Phi) is 15.4. The maximum Gasteiger partial charge on any atom is 0.408 e. The number of aliphatic hydroxyl groups is 1. The van der Waals surface area contributed by atoms with E-state index in [4.69, 9.17) is 33.2 Å². The average molecular weight is 927 g/mol. The molecule has 0 radical (unpaired) electrons. The first-order chi connectivity index (χ1) is 32.0. The molecule has 5 atom stereocenters. The van der Waals surface area contributed by atoms with Gasteiger partial charge in [0.1, 0.15) is 17.3 Å². The van der Waals surface area contributed by atoms with Crippen molar-refractivity contribution in [2.45, 2.75) is 140 Å². The molecule has 8 rings (SSSR count). The van der Waals surface area contributed by atoms with E-state index in [9.17, 15) is 29.1 Å². The van der Waals surface area contributed by atoms with Crippen LogP contribution in [0.5, 0.6) is 23.0 Å². The van der Waals surface area contributed by atoms with Crippen molar-refractivity contribution in [3.8, 4) is 34.1 Å². The molecule has 15 heteroatoms. The molecule has 0 spiro atoms. The first-order valence-electron chi connectivity index (χ1n) is 23.5. The van der Waals surface area contributed by atoms with Crippen molar-refractivity contribution in [2.75, 3.05) is 28.4 Å². The molecule has 0 aromatic heterocycles. The lowest BCUT2D eigenvalue weighted by Gasteiger charge is -2.58. The Morgan fingerprint density at radius 2 is 1.48 bits per heavy atom. The van der Waals surface area contributed by atoms with Crippen LogP contribution >= 0.6 is 0 Å². The third kappa shape index (κ3) is 11.3. The van der Waals surface area contributed by atoms with E-state index in [2.05, 4.69) is 10.6 Å². The quantitative estimate of drug-likeness (QED) is 0.0635. The summed E-state index contributed by atoms with van der Waals surface area (Å²) in [6.45, 7) is 5.20. The average Bonchev–Trinajstić information content (AvgIpc) is 3.53. The number of esters is 2. The number of alkyl carbamates (subject to hydrolysis) is 1. The van der Waals surface area contributed by atoms with Gasteiger partial charge < -0.3 is 48.9 Å². The highest BCUT2D eigenvalue weighted by molar-refractivity contribution is 5.84. The van der Waals surface area contributed by atoms with Gasteiger partial charge in [-0.25, -0.2) is 9.59 Å². The minimum absolute atomic E-state index is 0.0375. The molecule has 4 fully saturated rings. The molecule has 0 saturated heterocycles. The first-order valence-corrected chi connectivity index (χ1v) is 23.5. The van der Waals surface area contributed by atoms with Gasteiger partial charge in [-0.3, -0.25) is 14.4 Å². The lowest BCUT2D eigenvalue weighted by molar-refractivity contribution is -0.220.